The van der Waals surface area contributed by atoms with E-state index in [0.29, 0.717) is 25.1 Å². The molecule has 0 radical (unpaired) electrons. The third-order valence-electron chi connectivity index (χ3n) is 3.56. The first-order valence-corrected chi connectivity index (χ1v) is 7.31. The predicted molar refractivity (Wildman–Crippen MR) is 83.4 cm³/mol. The van der Waals surface area contributed by atoms with Crippen molar-refractivity contribution in [3.63, 3.8) is 0 Å². The Hall–Kier alpha value is -1.19. The Balaban J connectivity index is 2.68. The monoisotopic (exact) mass is 277 g/mol. The molecule has 0 heterocycles. The molecule has 0 aromatic heterocycles. The standard InChI is InChI=1S/C17H27NO2/c1-13(2)15-6-8-16(9-7-15)17(19)12-18(14(3)4)10-11-20-5/h6-9,13-14H,10-12H2,1-5H3. The molecule has 0 spiro atoms. The second-order valence-electron chi connectivity index (χ2n) is 5.76. The molecule has 112 valence electrons. The molecule has 0 amide bonds. The molecule has 0 aliphatic heterocycles. The fourth-order valence-corrected chi connectivity index (χ4v) is 2.06. The molecule has 0 aliphatic rings. The summed E-state index contributed by atoms with van der Waals surface area (Å²) in [5.74, 6) is 0.665. The van der Waals surface area contributed by atoms with E-state index in [1.807, 2.05) is 24.3 Å². The van der Waals surface area contributed by atoms with Crippen LogP contribution < -0.4 is 0 Å². The lowest BCUT2D eigenvalue weighted by Crippen LogP contribution is -2.38. The summed E-state index contributed by atoms with van der Waals surface area (Å²) in [6.07, 6.45) is 0. The van der Waals surface area contributed by atoms with Crippen LogP contribution in [0, 0.1) is 0 Å². The van der Waals surface area contributed by atoms with Crippen LogP contribution in [0.5, 0.6) is 0 Å². The zero-order valence-corrected chi connectivity index (χ0v) is 13.3. The minimum Gasteiger partial charge on any atom is -0.383 e. The van der Waals surface area contributed by atoms with Gasteiger partial charge in [-0.25, -0.2) is 0 Å². The number of benzene rings is 1. The molecule has 0 aliphatic carbocycles. The van der Waals surface area contributed by atoms with Gasteiger partial charge in [0.1, 0.15) is 0 Å². The number of carbonyl (C=O) groups is 1. The number of ether oxygens (including phenoxy) is 1. The molecule has 0 bridgehead atoms. The van der Waals surface area contributed by atoms with Crippen LogP contribution in [0.1, 0.15) is 49.5 Å². The van der Waals surface area contributed by atoms with Crippen molar-refractivity contribution < 1.29 is 9.53 Å². The Bertz CT molecular complexity index is 410. The number of ketones is 1. The van der Waals surface area contributed by atoms with Crippen molar-refractivity contribution in [1.82, 2.24) is 4.90 Å². The maximum absolute atomic E-state index is 12.3. The summed E-state index contributed by atoms with van der Waals surface area (Å²) in [4.78, 5) is 14.5. The molecule has 0 N–H and O–H groups in total. The first-order valence-electron chi connectivity index (χ1n) is 7.31. The van der Waals surface area contributed by atoms with Crippen LogP contribution >= 0.6 is 0 Å². The van der Waals surface area contributed by atoms with Crippen LogP contribution in [0.25, 0.3) is 0 Å². The van der Waals surface area contributed by atoms with E-state index in [9.17, 15) is 4.79 Å². The van der Waals surface area contributed by atoms with Crippen LogP contribution in [-0.4, -0.2) is 43.5 Å². The highest BCUT2D eigenvalue weighted by molar-refractivity contribution is 5.97. The van der Waals surface area contributed by atoms with E-state index in [-0.39, 0.29) is 5.78 Å². The van der Waals surface area contributed by atoms with Gasteiger partial charge in [-0.3, -0.25) is 9.69 Å². The molecular weight excluding hydrogens is 250 g/mol. The second-order valence-corrected chi connectivity index (χ2v) is 5.76. The third-order valence-corrected chi connectivity index (χ3v) is 3.56. The average Bonchev–Trinajstić information content (AvgIpc) is 2.42. The lowest BCUT2D eigenvalue weighted by atomic mass is 10.0. The van der Waals surface area contributed by atoms with Crippen molar-refractivity contribution >= 4 is 5.78 Å². The Morgan fingerprint density at radius 2 is 1.75 bits per heavy atom. The van der Waals surface area contributed by atoms with Crippen LogP contribution in [0.3, 0.4) is 0 Å². The second kappa shape index (κ2) is 8.18. The average molecular weight is 277 g/mol. The molecule has 1 rings (SSSR count). The summed E-state index contributed by atoms with van der Waals surface area (Å²) in [6, 6.07) is 8.31. The zero-order valence-electron chi connectivity index (χ0n) is 13.3. The summed E-state index contributed by atoms with van der Waals surface area (Å²) in [7, 11) is 1.69. The number of nitrogens with zero attached hydrogens (tertiary/aromatic N) is 1. The van der Waals surface area contributed by atoms with E-state index >= 15 is 0 Å². The van der Waals surface area contributed by atoms with Gasteiger partial charge >= 0.3 is 0 Å². The molecule has 3 nitrogen and oxygen atoms in total. The van der Waals surface area contributed by atoms with Crippen molar-refractivity contribution in [2.75, 3.05) is 26.8 Å². The molecule has 20 heavy (non-hydrogen) atoms. The summed E-state index contributed by atoms with van der Waals surface area (Å²) < 4.78 is 5.10. The molecule has 3 heteroatoms. The molecule has 1 aromatic carbocycles. The normalized spacial score (nSPS) is 11.6. The Kier molecular flexibility index (Phi) is 6.89. The highest BCUT2D eigenvalue weighted by Crippen LogP contribution is 2.15. The van der Waals surface area contributed by atoms with Gasteiger partial charge in [0.05, 0.1) is 13.2 Å². The van der Waals surface area contributed by atoms with E-state index in [1.165, 1.54) is 5.56 Å². The molecule has 0 unspecified atom stereocenters. The summed E-state index contributed by atoms with van der Waals surface area (Å²) in [6.45, 7) is 10.4. The van der Waals surface area contributed by atoms with E-state index in [1.54, 1.807) is 7.11 Å². The number of Topliss-reactive ketones (excluding diaryl/α,β-unsaturated/α-hetero) is 1. The number of hydrogen-bond donors (Lipinski definition) is 0. The highest BCUT2D eigenvalue weighted by Gasteiger charge is 2.15. The first kappa shape index (κ1) is 16.9. The Morgan fingerprint density at radius 3 is 2.20 bits per heavy atom. The minimum absolute atomic E-state index is 0.171. The topological polar surface area (TPSA) is 29.5 Å². The Morgan fingerprint density at radius 1 is 1.15 bits per heavy atom. The van der Waals surface area contributed by atoms with E-state index in [0.717, 1.165) is 12.1 Å². The largest absolute Gasteiger partial charge is 0.383 e. The smallest absolute Gasteiger partial charge is 0.176 e. The summed E-state index contributed by atoms with van der Waals surface area (Å²) >= 11 is 0. The minimum atomic E-state index is 0.171. The van der Waals surface area contributed by atoms with Crippen LogP contribution in [0.15, 0.2) is 24.3 Å². The maximum Gasteiger partial charge on any atom is 0.176 e. The summed E-state index contributed by atoms with van der Waals surface area (Å²) in [5, 5.41) is 0. The lowest BCUT2D eigenvalue weighted by Gasteiger charge is -2.25. The van der Waals surface area contributed by atoms with Gasteiger partial charge in [-0.05, 0) is 25.3 Å². The number of hydrogen-bond acceptors (Lipinski definition) is 3. The van der Waals surface area contributed by atoms with Gasteiger partial charge in [0.25, 0.3) is 0 Å². The molecule has 0 fully saturated rings. The SMILES string of the molecule is COCCN(CC(=O)c1ccc(C(C)C)cc1)C(C)C. The molecule has 0 saturated heterocycles. The van der Waals surface area contributed by atoms with Gasteiger partial charge in [-0.2, -0.15) is 0 Å². The highest BCUT2D eigenvalue weighted by atomic mass is 16.5. The fourth-order valence-electron chi connectivity index (χ4n) is 2.06. The van der Waals surface area contributed by atoms with Gasteiger partial charge in [-0.1, -0.05) is 38.1 Å². The number of methoxy groups -OCH3 is 1. The molecule has 0 saturated carbocycles. The third kappa shape index (κ3) is 5.06. The van der Waals surface area contributed by atoms with Crippen LogP contribution in [-0.2, 0) is 4.74 Å². The molecular formula is C17H27NO2. The van der Waals surface area contributed by atoms with Crippen molar-refractivity contribution in [3.8, 4) is 0 Å². The predicted octanol–water partition coefficient (Wildman–Crippen LogP) is 3.35. The first-order chi connectivity index (χ1) is 9.45. The van der Waals surface area contributed by atoms with E-state index in [2.05, 4.69) is 32.6 Å². The Labute approximate surface area is 122 Å². The van der Waals surface area contributed by atoms with Gasteiger partial charge < -0.3 is 4.74 Å². The maximum atomic E-state index is 12.3. The van der Waals surface area contributed by atoms with E-state index in [4.69, 9.17) is 4.74 Å². The van der Waals surface area contributed by atoms with Gasteiger partial charge in [0.2, 0.25) is 0 Å². The van der Waals surface area contributed by atoms with Gasteiger partial charge in [0, 0.05) is 25.3 Å². The van der Waals surface area contributed by atoms with Crippen LogP contribution in [0.2, 0.25) is 0 Å². The number of carbonyl (C=O) groups excluding carboxylic acids is 1. The molecule has 0 atom stereocenters. The number of rotatable bonds is 8. The fraction of sp³-hybridized carbons (Fsp3) is 0.588. The van der Waals surface area contributed by atoms with E-state index < -0.39 is 0 Å². The van der Waals surface area contributed by atoms with Gasteiger partial charge in [0.15, 0.2) is 5.78 Å². The van der Waals surface area contributed by atoms with Crippen molar-refractivity contribution in [2.45, 2.75) is 39.7 Å². The van der Waals surface area contributed by atoms with Crippen molar-refractivity contribution in [1.29, 1.82) is 0 Å². The quantitative estimate of drug-likeness (QED) is 0.682. The molecule has 1 aromatic rings. The van der Waals surface area contributed by atoms with Crippen molar-refractivity contribution in [2.24, 2.45) is 0 Å². The summed E-state index contributed by atoms with van der Waals surface area (Å²) in [5.41, 5.74) is 2.05. The van der Waals surface area contributed by atoms with Gasteiger partial charge in [-0.15, -0.1) is 0 Å². The lowest BCUT2D eigenvalue weighted by molar-refractivity contribution is 0.0852. The van der Waals surface area contributed by atoms with Crippen molar-refractivity contribution in [3.05, 3.63) is 35.4 Å². The zero-order chi connectivity index (χ0) is 15.1. The van der Waals surface area contributed by atoms with Crippen LogP contribution in [0.4, 0.5) is 0 Å².